The minimum Gasteiger partial charge on any atom is -0.251 e. The lowest BCUT2D eigenvalue weighted by Crippen LogP contribution is -1.85. The molecule has 4 nitrogen and oxygen atoms in total. The van der Waals surface area contributed by atoms with Crippen LogP contribution in [0.1, 0.15) is 0 Å². The minimum atomic E-state index is 0.898. The van der Waals surface area contributed by atoms with Crippen LogP contribution in [0.3, 0.4) is 0 Å². The number of rotatable bonds is 1. The number of thiophene rings is 2. The van der Waals surface area contributed by atoms with Crippen LogP contribution in [0, 0.1) is 0 Å². The second-order valence-corrected chi connectivity index (χ2v) is 8.17. The summed E-state index contributed by atoms with van der Waals surface area (Å²) in [7, 11) is 0. The Labute approximate surface area is 155 Å². The highest BCUT2D eigenvalue weighted by Crippen LogP contribution is 2.36. The third kappa shape index (κ3) is 2.00. The smallest absolute Gasteiger partial charge is 0.143 e. The average molecular weight is 370 g/mol. The van der Waals surface area contributed by atoms with Gasteiger partial charge in [-0.3, -0.25) is 4.98 Å². The summed E-state index contributed by atoms with van der Waals surface area (Å²) in [5, 5.41) is 2.33. The first-order valence-electron chi connectivity index (χ1n) is 8.14. The zero-order valence-electron chi connectivity index (χ0n) is 13.4. The van der Waals surface area contributed by atoms with E-state index in [4.69, 9.17) is 9.97 Å². The van der Waals surface area contributed by atoms with Crippen molar-refractivity contribution in [3.05, 3.63) is 61.2 Å². The predicted octanol–water partition coefficient (Wildman–Crippen LogP) is 5.67. The zero-order chi connectivity index (χ0) is 17.1. The van der Waals surface area contributed by atoms with Gasteiger partial charge >= 0.3 is 0 Å². The molecule has 0 atom stereocenters. The van der Waals surface area contributed by atoms with Gasteiger partial charge in [0.25, 0.3) is 0 Å². The van der Waals surface area contributed by atoms with Gasteiger partial charge in [0, 0.05) is 31.9 Å². The highest BCUT2D eigenvalue weighted by atomic mass is 32.1. The molecule has 0 aliphatic rings. The molecule has 0 radical (unpaired) electrons. The van der Waals surface area contributed by atoms with Crippen molar-refractivity contribution in [3.63, 3.8) is 0 Å². The quantitative estimate of drug-likeness (QED) is 0.374. The lowest BCUT2D eigenvalue weighted by molar-refractivity contribution is 1.23. The molecule has 0 aliphatic carbocycles. The van der Waals surface area contributed by atoms with Crippen LogP contribution in [0.2, 0.25) is 0 Å². The summed E-state index contributed by atoms with van der Waals surface area (Å²) >= 11 is 3.40. The molecule has 0 saturated heterocycles. The molecule has 4 aromatic heterocycles. The summed E-state index contributed by atoms with van der Waals surface area (Å²) in [6.07, 6.45) is 5.34. The number of benzene rings is 2. The molecule has 0 spiro atoms. The molecule has 0 unspecified atom stereocenters. The van der Waals surface area contributed by atoms with Crippen LogP contribution in [-0.4, -0.2) is 19.9 Å². The summed E-state index contributed by atoms with van der Waals surface area (Å²) in [5.41, 5.74) is 3.96. The van der Waals surface area contributed by atoms with Gasteiger partial charge in [-0.2, -0.15) is 0 Å². The molecule has 0 bridgehead atoms. The van der Waals surface area contributed by atoms with Gasteiger partial charge in [-0.1, -0.05) is 30.3 Å². The van der Waals surface area contributed by atoms with Crippen molar-refractivity contribution in [1.82, 2.24) is 19.9 Å². The zero-order valence-corrected chi connectivity index (χ0v) is 15.0. The number of hydrogen-bond donors (Lipinski definition) is 0. The Kier molecular flexibility index (Phi) is 2.88. The fourth-order valence-corrected chi connectivity index (χ4v) is 5.40. The highest BCUT2D eigenvalue weighted by molar-refractivity contribution is 7.26. The molecule has 6 aromatic rings. The summed E-state index contributed by atoms with van der Waals surface area (Å²) in [6.45, 7) is 0. The average Bonchev–Trinajstić information content (AvgIpc) is 3.24. The second kappa shape index (κ2) is 5.27. The van der Waals surface area contributed by atoms with Crippen molar-refractivity contribution in [2.24, 2.45) is 0 Å². The normalized spacial score (nSPS) is 11.8. The molecule has 2 aromatic carbocycles. The number of hydrogen-bond acceptors (Lipinski definition) is 6. The Morgan fingerprint density at radius 3 is 2.65 bits per heavy atom. The molecule has 0 N–H and O–H groups in total. The van der Waals surface area contributed by atoms with E-state index < -0.39 is 0 Å². The van der Waals surface area contributed by atoms with E-state index in [1.807, 2.05) is 18.5 Å². The molecule has 6 heteroatoms. The Balaban J connectivity index is 1.57. The molecular weight excluding hydrogens is 360 g/mol. The summed E-state index contributed by atoms with van der Waals surface area (Å²) < 4.78 is 3.51. The monoisotopic (exact) mass is 370 g/mol. The number of fused-ring (bicyclic) bond motifs is 6. The topological polar surface area (TPSA) is 51.6 Å². The van der Waals surface area contributed by atoms with E-state index >= 15 is 0 Å². The third-order valence-electron chi connectivity index (χ3n) is 4.52. The summed E-state index contributed by atoms with van der Waals surface area (Å²) in [5.74, 6) is 0. The van der Waals surface area contributed by atoms with Gasteiger partial charge in [-0.15, -0.1) is 22.7 Å². The van der Waals surface area contributed by atoms with Crippen LogP contribution >= 0.6 is 22.7 Å². The van der Waals surface area contributed by atoms with Crippen molar-refractivity contribution >= 4 is 63.4 Å². The Morgan fingerprint density at radius 1 is 0.731 bits per heavy atom. The van der Waals surface area contributed by atoms with Crippen LogP contribution in [-0.2, 0) is 0 Å². The van der Waals surface area contributed by atoms with Crippen LogP contribution in [0.15, 0.2) is 61.2 Å². The minimum absolute atomic E-state index is 0.898. The van der Waals surface area contributed by atoms with Gasteiger partial charge in [0.2, 0.25) is 0 Å². The fraction of sp³-hybridized carbons (Fsp3) is 0. The number of nitrogens with zero attached hydrogens (tertiary/aromatic N) is 4. The Hall–Kier alpha value is -2.96. The van der Waals surface area contributed by atoms with Crippen LogP contribution in [0.5, 0.6) is 0 Å². The van der Waals surface area contributed by atoms with E-state index in [2.05, 4.69) is 46.4 Å². The second-order valence-electron chi connectivity index (χ2n) is 6.06. The number of aromatic nitrogens is 4. The maximum Gasteiger partial charge on any atom is 0.143 e. The fourth-order valence-electron chi connectivity index (χ4n) is 3.30. The molecule has 122 valence electrons. The first-order valence-corrected chi connectivity index (χ1v) is 9.77. The summed E-state index contributed by atoms with van der Waals surface area (Å²) in [4.78, 5) is 19.1. The molecular formula is C20H10N4S2. The van der Waals surface area contributed by atoms with Gasteiger partial charge in [0.1, 0.15) is 16.7 Å². The van der Waals surface area contributed by atoms with Crippen molar-refractivity contribution in [2.45, 2.75) is 0 Å². The third-order valence-corrected chi connectivity index (χ3v) is 6.65. The van der Waals surface area contributed by atoms with E-state index in [-0.39, 0.29) is 0 Å². The molecule has 0 aliphatic heterocycles. The van der Waals surface area contributed by atoms with Crippen molar-refractivity contribution in [1.29, 1.82) is 0 Å². The standard InChI is InChI=1S/C20H10N4S2/c1-2-4-15-12(3-1)19-20(26-15)24-14(8-22-19)11-5-6-13-16(7-11)25-17-9-21-10-23-18(13)17/h1-10H. The largest absolute Gasteiger partial charge is 0.251 e. The SMILES string of the molecule is c1ccc2c(c1)sc1nc(-c3ccc4c(c3)sc3cncnc34)cnc12. The van der Waals surface area contributed by atoms with Gasteiger partial charge in [-0.25, -0.2) is 15.0 Å². The van der Waals surface area contributed by atoms with E-state index in [1.54, 1.807) is 29.0 Å². The van der Waals surface area contributed by atoms with Crippen molar-refractivity contribution in [2.75, 3.05) is 0 Å². The summed E-state index contributed by atoms with van der Waals surface area (Å²) in [6, 6.07) is 14.7. The van der Waals surface area contributed by atoms with Crippen molar-refractivity contribution < 1.29 is 0 Å². The lowest BCUT2D eigenvalue weighted by Gasteiger charge is -2.01. The molecule has 0 saturated carbocycles. The first-order chi connectivity index (χ1) is 12.9. The van der Waals surface area contributed by atoms with E-state index in [9.17, 15) is 0 Å². The van der Waals surface area contributed by atoms with E-state index in [0.29, 0.717) is 0 Å². The van der Waals surface area contributed by atoms with Gasteiger partial charge < -0.3 is 0 Å². The predicted molar refractivity (Wildman–Crippen MR) is 109 cm³/mol. The molecule has 6 rings (SSSR count). The molecule has 0 amide bonds. The maximum absolute atomic E-state index is 4.88. The van der Waals surface area contributed by atoms with Gasteiger partial charge in [-0.05, 0) is 12.1 Å². The molecule has 0 fully saturated rings. The van der Waals surface area contributed by atoms with E-state index in [0.717, 1.165) is 37.2 Å². The van der Waals surface area contributed by atoms with Crippen LogP contribution in [0.4, 0.5) is 0 Å². The van der Waals surface area contributed by atoms with Crippen LogP contribution in [0.25, 0.3) is 52.0 Å². The Bertz CT molecular complexity index is 1340. The van der Waals surface area contributed by atoms with Crippen molar-refractivity contribution in [3.8, 4) is 11.3 Å². The van der Waals surface area contributed by atoms with Crippen LogP contribution < -0.4 is 0 Å². The Morgan fingerprint density at radius 2 is 1.65 bits per heavy atom. The van der Waals surface area contributed by atoms with Gasteiger partial charge in [0.05, 0.1) is 22.1 Å². The molecule has 26 heavy (non-hydrogen) atoms. The van der Waals surface area contributed by atoms with Gasteiger partial charge in [0.15, 0.2) is 0 Å². The lowest BCUT2D eigenvalue weighted by atomic mass is 10.1. The highest BCUT2D eigenvalue weighted by Gasteiger charge is 2.11. The first kappa shape index (κ1) is 14.2. The van der Waals surface area contributed by atoms with E-state index in [1.165, 1.54) is 14.8 Å². The maximum atomic E-state index is 4.88. The molecule has 4 heterocycles.